The van der Waals surface area contributed by atoms with Crippen molar-refractivity contribution >= 4 is 21.4 Å². The minimum absolute atomic E-state index is 0.0821. The number of nitrogen functional groups attached to an aromatic ring is 1. The van der Waals surface area contributed by atoms with Crippen LogP contribution in [0.4, 0.5) is 20.2 Å². The molecule has 0 saturated carbocycles. The molecule has 112 valence electrons. The Kier molecular flexibility index (Phi) is 3.87. The average Bonchev–Trinajstić information content (AvgIpc) is 2.39. The number of rotatable bonds is 3. The van der Waals surface area contributed by atoms with E-state index in [2.05, 4.69) is 4.72 Å². The molecule has 0 aliphatic rings. The third-order valence-electron chi connectivity index (χ3n) is 2.99. The van der Waals surface area contributed by atoms with Crippen molar-refractivity contribution in [2.75, 3.05) is 10.5 Å². The summed E-state index contributed by atoms with van der Waals surface area (Å²) in [4.78, 5) is -0.181. The first-order chi connectivity index (χ1) is 9.70. The van der Waals surface area contributed by atoms with E-state index in [0.717, 1.165) is 12.1 Å². The molecule has 0 saturated heterocycles. The van der Waals surface area contributed by atoms with Gasteiger partial charge in [0.05, 0.1) is 16.3 Å². The highest BCUT2D eigenvalue weighted by molar-refractivity contribution is 7.92. The van der Waals surface area contributed by atoms with E-state index in [4.69, 9.17) is 5.73 Å². The summed E-state index contributed by atoms with van der Waals surface area (Å²) in [6.07, 6.45) is 0. The van der Waals surface area contributed by atoms with Crippen molar-refractivity contribution in [1.82, 2.24) is 0 Å². The van der Waals surface area contributed by atoms with E-state index >= 15 is 0 Å². The Morgan fingerprint density at radius 3 is 2.29 bits per heavy atom. The highest BCUT2D eigenvalue weighted by Crippen LogP contribution is 2.23. The lowest BCUT2D eigenvalue weighted by Crippen LogP contribution is -2.14. The lowest BCUT2D eigenvalue weighted by atomic mass is 10.2. The van der Waals surface area contributed by atoms with Gasteiger partial charge in [0.1, 0.15) is 11.6 Å². The van der Waals surface area contributed by atoms with Gasteiger partial charge in [-0.05, 0) is 49.2 Å². The van der Waals surface area contributed by atoms with Crippen LogP contribution in [0.3, 0.4) is 0 Å². The number of nitrogens with two attached hydrogens (primary N) is 1. The number of sulfonamides is 1. The van der Waals surface area contributed by atoms with E-state index < -0.39 is 21.7 Å². The molecule has 0 bridgehead atoms. The van der Waals surface area contributed by atoms with E-state index in [1.54, 1.807) is 6.92 Å². The molecule has 0 unspecified atom stereocenters. The van der Waals surface area contributed by atoms with E-state index in [9.17, 15) is 17.2 Å². The van der Waals surface area contributed by atoms with Gasteiger partial charge < -0.3 is 5.73 Å². The van der Waals surface area contributed by atoms with Crippen LogP contribution in [0.5, 0.6) is 0 Å². The van der Waals surface area contributed by atoms with Crippen molar-refractivity contribution in [3.63, 3.8) is 0 Å². The molecule has 2 aromatic carbocycles. The van der Waals surface area contributed by atoms with Gasteiger partial charge >= 0.3 is 0 Å². The van der Waals surface area contributed by atoms with E-state index in [1.165, 1.54) is 25.1 Å². The van der Waals surface area contributed by atoms with Crippen LogP contribution >= 0.6 is 0 Å². The normalized spacial score (nSPS) is 11.4. The number of halogens is 2. The van der Waals surface area contributed by atoms with Gasteiger partial charge in [0, 0.05) is 0 Å². The maximum atomic E-state index is 13.4. The van der Waals surface area contributed by atoms with Crippen LogP contribution in [-0.2, 0) is 10.0 Å². The molecule has 3 N–H and O–H groups in total. The number of aryl methyl sites for hydroxylation is 2. The molecule has 0 heterocycles. The standard InChI is InChI=1S/C14H14F2N2O2S/c1-8-3-4-10(6-12(8)15)18-21(19,20)11-5-9(2)14(16)13(17)7-11/h3-7,18H,17H2,1-2H3. The molecule has 4 nitrogen and oxygen atoms in total. The second-order valence-corrected chi connectivity index (χ2v) is 6.40. The zero-order chi connectivity index (χ0) is 15.8. The molecule has 0 aliphatic carbocycles. The first kappa shape index (κ1) is 15.2. The third-order valence-corrected chi connectivity index (χ3v) is 4.35. The molecule has 0 aliphatic heterocycles. The van der Waals surface area contributed by atoms with Crippen LogP contribution in [-0.4, -0.2) is 8.42 Å². The maximum Gasteiger partial charge on any atom is 0.261 e. The number of hydrogen-bond donors (Lipinski definition) is 2. The van der Waals surface area contributed by atoms with Crippen molar-refractivity contribution in [1.29, 1.82) is 0 Å². The Labute approximate surface area is 121 Å². The SMILES string of the molecule is Cc1ccc(NS(=O)(=O)c2cc(C)c(F)c(N)c2)cc1F. The summed E-state index contributed by atoms with van der Waals surface area (Å²) < 4.78 is 53.5. The zero-order valence-corrected chi connectivity index (χ0v) is 12.3. The Hall–Kier alpha value is -2.15. The van der Waals surface area contributed by atoms with Gasteiger partial charge in [-0.2, -0.15) is 0 Å². The van der Waals surface area contributed by atoms with E-state index in [-0.39, 0.29) is 21.8 Å². The van der Waals surface area contributed by atoms with Crippen molar-refractivity contribution < 1.29 is 17.2 Å². The first-order valence-corrected chi connectivity index (χ1v) is 7.53. The average molecular weight is 312 g/mol. The Morgan fingerprint density at radius 2 is 1.71 bits per heavy atom. The molecule has 2 rings (SSSR count). The minimum atomic E-state index is -3.97. The van der Waals surface area contributed by atoms with Crippen molar-refractivity contribution in [3.05, 3.63) is 53.1 Å². The molecular formula is C14H14F2N2O2S. The summed E-state index contributed by atoms with van der Waals surface area (Å²) in [5.74, 6) is -1.18. The van der Waals surface area contributed by atoms with Gasteiger partial charge in [0.25, 0.3) is 10.0 Å². The van der Waals surface area contributed by atoms with Crippen LogP contribution in [0, 0.1) is 25.5 Å². The van der Waals surface area contributed by atoms with Crippen molar-refractivity contribution in [3.8, 4) is 0 Å². The molecular weight excluding hydrogens is 298 g/mol. The van der Waals surface area contributed by atoms with Crippen LogP contribution < -0.4 is 10.5 Å². The molecule has 0 fully saturated rings. The van der Waals surface area contributed by atoms with Gasteiger partial charge in [-0.1, -0.05) is 6.07 Å². The van der Waals surface area contributed by atoms with Gasteiger partial charge in [-0.15, -0.1) is 0 Å². The van der Waals surface area contributed by atoms with Crippen LogP contribution in [0.15, 0.2) is 35.2 Å². The second-order valence-electron chi connectivity index (χ2n) is 4.71. The fourth-order valence-electron chi connectivity index (χ4n) is 1.79. The smallest absolute Gasteiger partial charge is 0.261 e. The molecule has 0 atom stereocenters. The molecule has 0 spiro atoms. The largest absolute Gasteiger partial charge is 0.396 e. The quantitative estimate of drug-likeness (QED) is 0.856. The molecule has 2 aromatic rings. The Morgan fingerprint density at radius 1 is 1.05 bits per heavy atom. The van der Waals surface area contributed by atoms with Crippen molar-refractivity contribution in [2.45, 2.75) is 18.7 Å². The summed E-state index contributed by atoms with van der Waals surface area (Å²) in [5.41, 5.74) is 5.77. The lowest BCUT2D eigenvalue weighted by Gasteiger charge is -2.11. The maximum absolute atomic E-state index is 13.4. The molecule has 0 radical (unpaired) electrons. The zero-order valence-electron chi connectivity index (χ0n) is 11.4. The van der Waals surface area contributed by atoms with Gasteiger partial charge in [0.15, 0.2) is 0 Å². The molecule has 21 heavy (non-hydrogen) atoms. The predicted molar refractivity (Wildman–Crippen MR) is 77.5 cm³/mol. The van der Waals surface area contributed by atoms with Crippen LogP contribution in [0.1, 0.15) is 11.1 Å². The number of anilines is 2. The fraction of sp³-hybridized carbons (Fsp3) is 0.143. The summed E-state index contributed by atoms with van der Waals surface area (Å²) in [6.45, 7) is 2.98. The summed E-state index contributed by atoms with van der Waals surface area (Å²) in [6, 6.07) is 6.16. The lowest BCUT2D eigenvalue weighted by molar-refractivity contribution is 0.599. The van der Waals surface area contributed by atoms with Crippen LogP contribution in [0.2, 0.25) is 0 Å². The topological polar surface area (TPSA) is 72.2 Å². The second kappa shape index (κ2) is 5.33. The molecule has 0 amide bonds. The molecule has 7 heteroatoms. The summed E-state index contributed by atoms with van der Waals surface area (Å²) in [5, 5.41) is 0. The highest BCUT2D eigenvalue weighted by Gasteiger charge is 2.18. The monoisotopic (exact) mass is 312 g/mol. The Balaban J connectivity index is 2.40. The fourth-order valence-corrected chi connectivity index (χ4v) is 2.96. The summed E-state index contributed by atoms with van der Waals surface area (Å²) in [7, 11) is -3.97. The first-order valence-electron chi connectivity index (χ1n) is 6.05. The van der Waals surface area contributed by atoms with E-state index in [0.29, 0.717) is 5.56 Å². The van der Waals surface area contributed by atoms with Gasteiger partial charge in [0.2, 0.25) is 0 Å². The van der Waals surface area contributed by atoms with E-state index in [1.807, 2.05) is 0 Å². The van der Waals surface area contributed by atoms with Gasteiger partial charge in [-0.25, -0.2) is 17.2 Å². The minimum Gasteiger partial charge on any atom is -0.396 e. The predicted octanol–water partition coefficient (Wildman–Crippen LogP) is 2.96. The van der Waals surface area contributed by atoms with Crippen LogP contribution in [0.25, 0.3) is 0 Å². The highest BCUT2D eigenvalue weighted by atomic mass is 32.2. The Bertz CT molecular complexity index is 782. The van der Waals surface area contributed by atoms with Gasteiger partial charge in [-0.3, -0.25) is 4.72 Å². The van der Waals surface area contributed by atoms with Crippen molar-refractivity contribution in [2.24, 2.45) is 0 Å². The number of hydrogen-bond acceptors (Lipinski definition) is 3. The number of nitrogens with one attached hydrogen (secondary N) is 1. The molecule has 0 aromatic heterocycles. The summed E-state index contributed by atoms with van der Waals surface area (Å²) >= 11 is 0. The number of benzene rings is 2. The third kappa shape index (κ3) is 3.13.